The van der Waals surface area contributed by atoms with Crippen LogP contribution in [0, 0.1) is 0 Å². The standard InChI is InChI=1S/C12H28N2/c1-6-8-10-14(5)12(4)11(3)13-9-7-2/h11-13H,6-10H2,1-5H3. The van der Waals surface area contributed by atoms with E-state index in [0.717, 1.165) is 6.54 Å². The van der Waals surface area contributed by atoms with Crippen LogP contribution in [0.4, 0.5) is 0 Å². The Morgan fingerprint density at radius 3 is 2.29 bits per heavy atom. The Morgan fingerprint density at radius 2 is 1.79 bits per heavy atom. The Balaban J connectivity index is 3.72. The van der Waals surface area contributed by atoms with Crippen molar-refractivity contribution >= 4 is 0 Å². The molecule has 2 atom stereocenters. The molecule has 2 unspecified atom stereocenters. The lowest BCUT2D eigenvalue weighted by atomic mass is 10.1. The first-order chi connectivity index (χ1) is 6.63. The summed E-state index contributed by atoms with van der Waals surface area (Å²) >= 11 is 0. The predicted octanol–water partition coefficient (Wildman–Crippen LogP) is 2.49. The second kappa shape index (κ2) is 8.25. The van der Waals surface area contributed by atoms with Crippen LogP contribution in [-0.4, -0.2) is 37.1 Å². The molecule has 0 saturated carbocycles. The van der Waals surface area contributed by atoms with Crippen molar-refractivity contribution < 1.29 is 0 Å². The van der Waals surface area contributed by atoms with Crippen molar-refractivity contribution in [3.05, 3.63) is 0 Å². The number of likely N-dealkylation sites (N-methyl/N-ethyl adjacent to an activating group) is 1. The van der Waals surface area contributed by atoms with Crippen LogP contribution in [0.1, 0.15) is 47.0 Å². The maximum Gasteiger partial charge on any atom is 0.0215 e. The van der Waals surface area contributed by atoms with Gasteiger partial charge < -0.3 is 10.2 Å². The molecule has 0 aromatic rings. The van der Waals surface area contributed by atoms with Crippen molar-refractivity contribution in [2.75, 3.05) is 20.1 Å². The largest absolute Gasteiger partial charge is 0.313 e. The van der Waals surface area contributed by atoms with Crippen molar-refractivity contribution in [3.63, 3.8) is 0 Å². The van der Waals surface area contributed by atoms with Gasteiger partial charge in [-0.15, -0.1) is 0 Å². The van der Waals surface area contributed by atoms with Gasteiger partial charge in [0, 0.05) is 12.1 Å². The van der Waals surface area contributed by atoms with Crippen molar-refractivity contribution in [1.82, 2.24) is 10.2 Å². The molecular weight excluding hydrogens is 172 g/mol. The molecule has 1 N–H and O–H groups in total. The Labute approximate surface area is 90.1 Å². The van der Waals surface area contributed by atoms with E-state index in [1.807, 2.05) is 0 Å². The molecule has 0 aliphatic carbocycles. The van der Waals surface area contributed by atoms with Crippen LogP contribution in [0.3, 0.4) is 0 Å². The van der Waals surface area contributed by atoms with Crippen molar-refractivity contribution in [2.24, 2.45) is 0 Å². The SMILES string of the molecule is CCCCN(C)C(C)C(C)NCCC. The topological polar surface area (TPSA) is 15.3 Å². The summed E-state index contributed by atoms with van der Waals surface area (Å²) in [5.74, 6) is 0. The molecule has 0 aliphatic heterocycles. The number of hydrogen-bond acceptors (Lipinski definition) is 2. The Hall–Kier alpha value is -0.0800. The highest BCUT2D eigenvalue weighted by atomic mass is 15.2. The zero-order chi connectivity index (χ0) is 11.0. The lowest BCUT2D eigenvalue weighted by Crippen LogP contribution is -2.45. The Bertz CT molecular complexity index is 111. The zero-order valence-electron chi connectivity index (χ0n) is 10.6. The average Bonchev–Trinajstić information content (AvgIpc) is 2.21. The summed E-state index contributed by atoms with van der Waals surface area (Å²) < 4.78 is 0. The normalized spacial score (nSPS) is 15.9. The lowest BCUT2D eigenvalue weighted by Gasteiger charge is -2.30. The molecule has 0 amide bonds. The Morgan fingerprint density at radius 1 is 1.14 bits per heavy atom. The molecule has 0 aliphatic rings. The van der Waals surface area contributed by atoms with Gasteiger partial charge in [-0.3, -0.25) is 0 Å². The monoisotopic (exact) mass is 200 g/mol. The maximum atomic E-state index is 3.55. The molecule has 0 fully saturated rings. The second-order valence-electron chi connectivity index (χ2n) is 4.32. The van der Waals surface area contributed by atoms with E-state index < -0.39 is 0 Å². The summed E-state index contributed by atoms with van der Waals surface area (Å²) in [4.78, 5) is 2.46. The minimum atomic E-state index is 0.594. The van der Waals surface area contributed by atoms with Crippen molar-refractivity contribution in [1.29, 1.82) is 0 Å². The van der Waals surface area contributed by atoms with Gasteiger partial charge in [0.1, 0.15) is 0 Å². The molecule has 0 aromatic heterocycles. The summed E-state index contributed by atoms with van der Waals surface area (Å²) in [7, 11) is 2.23. The highest BCUT2D eigenvalue weighted by Gasteiger charge is 2.15. The fourth-order valence-corrected chi connectivity index (χ4v) is 1.54. The van der Waals surface area contributed by atoms with Crippen LogP contribution < -0.4 is 5.32 Å². The molecule has 14 heavy (non-hydrogen) atoms. The van der Waals surface area contributed by atoms with Gasteiger partial charge in [-0.1, -0.05) is 20.3 Å². The van der Waals surface area contributed by atoms with E-state index in [0.29, 0.717) is 12.1 Å². The molecule has 0 bridgehead atoms. The molecule has 0 spiro atoms. The van der Waals surface area contributed by atoms with E-state index in [1.165, 1.54) is 25.8 Å². The van der Waals surface area contributed by atoms with E-state index >= 15 is 0 Å². The lowest BCUT2D eigenvalue weighted by molar-refractivity contribution is 0.211. The van der Waals surface area contributed by atoms with Gasteiger partial charge in [0.2, 0.25) is 0 Å². The number of nitrogens with zero attached hydrogens (tertiary/aromatic N) is 1. The minimum absolute atomic E-state index is 0.594. The fraction of sp³-hybridized carbons (Fsp3) is 1.00. The van der Waals surface area contributed by atoms with E-state index in [2.05, 4.69) is 45.0 Å². The van der Waals surface area contributed by atoms with Gasteiger partial charge >= 0.3 is 0 Å². The molecule has 0 saturated heterocycles. The summed E-state index contributed by atoms with van der Waals surface area (Å²) in [6.45, 7) is 11.4. The first-order valence-corrected chi connectivity index (χ1v) is 6.07. The van der Waals surface area contributed by atoms with E-state index in [4.69, 9.17) is 0 Å². The predicted molar refractivity (Wildman–Crippen MR) is 64.8 cm³/mol. The third-order valence-electron chi connectivity index (χ3n) is 3.00. The quantitative estimate of drug-likeness (QED) is 0.647. The third kappa shape index (κ3) is 5.61. The van der Waals surface area contributed by atoms with E-state index in [1.54, 1.807) is 0 Å². The van der Waals surface area contributed by atoms with Gasteiger partial charge in [0.25, 0.3) is 0 Å². The van der Waals surface area contributed by atoms with Crippen LogP contribution in [-0.2, 0) is 0 Å². The third-order valence-corrected chi connectivity index (χ3v) is 3.00. The number of nitrogens with one attached hydrogen (secondary N) is 1. The molecule has 86 valence electrons. The summed E-state index contributed by atoms with van der Waals surface area (Å²) in [5, 5.41) is 3.55. The highest BCUT2D eigenvalue weighted by Crippen LogP contribution is 2.03. The van der Waals surface area contributed by atoms with Gasteiger partial charge in [0.05, 0.1) is 0 Å². The zero-order valence-corrected chi connectivity index (χ0v) is 10.6. The van der Waals surface area contributed by atoms with Crippen LogP contribution in [0.15, 0.2) is 0 Å². The first kappa shape index (κ1) is 13.9. The minimum Gasteiger partial charge on any atom is -0.313 e. The van der Waals surface area contributed by atoms with Crippen LogP contribution in [0.5, 0.6) is 0 Å². The van der Waals surface area contributed by atoms with Gasteiger partial charge in [-0.05, 0) is 46.8 Å². The summed E-state index contributed by atoms with van der Waals surface area (Å²) in [6.07, 6.45) is 3.81. The van der Waals surface area contributed by atoms with Crippen LogP contribution in [0.2, 0.25) is 0 Å². The summed E-state index contributed by atoms with van der Waals surface area (Å²) in [6, 6.07) is 1.23. The molecule has 2 heteroatoms. The smallest absolute Gasteiger partial charge is 0.0215 e. The van der Waals surface area contributed by atoms with Crippen LogP contribution >= 0.6 is 0 Å². The van der Waals surface area contributed by atoms with Gasteiger partial charge in [0.15, 0.2) is 0 Å². The van der Waals surface area contributed by atoms with Crippen molar-refractivity contribution in [3.8, 4) is 0 Å². The molecule has 0 radical (unpaired) electrons. The Kier molecular flexibility index (Phi) is 8.20. The number of unbranched alkanes of at least 4 members (excludes halogenated alkanes) is 1. The summed E-state index contributed by atoms with van der Waals surface area (Å²) in [5.41, 5.74) is 0. The second-order valence-corrected chi connectivity index (χ2v) is 4.32. The fourth-order valence-electron chi connectivity index (χ4n) is 1.54. The van der Waals surface area contributed by atoms with Gasteiger partial charge in [-0.2, -0.15) is 0 Å². The highest BCUT2D eigenvalue weighted by molar-refractivity contribution is 4.75. The maximum absolute atomic E-state index is 3.55. The number of hydrogen-bond donors (Lipinski definition) is 1. The van der Waals surface area contributed by atoms with E-state index in [-0.39, 0.29) is 0 Å². The average molecular weight is 200 g/mol. The molecular formula is C12H28N2. The number of rotatable bonds is 8. The van der Waals surface area contributed by atoms with E-state index in [9.17, 15) is 0 Å². The molecule has 0 aromatic carbocycles. The molecule has 0 rings (SSSR count). The molecule has 2 nitrogen and oxygen atoms in total. The van der Waals surface area contributed by atoms with Crippen molar-refractivity contribution in [2.45, 2.75) is 59.0 Å². The van der Waals surface area contributed by atoms with Crippen LogP contribution in [0.25, 0.3) is 0 Å². The molecule has 0 heterocycles. The van der Waals surface area contributed by atoms with Gasteiger partial charge in [-0.25, -0.2) is 0 Å². The first-order valence-electron chi connectivity index (χ1n) is 6.07.